The van der Waals surface area contributed by atoms with E-state index in [0.717, 1.165) is 11.1 Å². The minimum Gasteiger partial charge on any atom is -0.464 e. The molecule has 3 rings (SSSR count). The van der Waals surface area contributed by atoms with Gasteiger partial charge in [0.05, 0.1) is 18.7 Å². The smallest absolute Gasteiger partial charge is 0.328 e. The molecular weight excluding hydrogens is 435 g/mol. The fourth-order valence-electron chi connectivity index (χ4n) is 4.12. The van der Waals surface area contributed by atoms with Crippen molar-refractivity contribution >= 4 is 35.1 Å². The Morgan fingerprint density at radius 1 is 1.13 bits per heavy atom. The maximum Gasteiger partial charge on any atom is 0.328 e. The third-order valence-electron chi connectivity index (χ3n) is 5.36. The number of hydrogen-bond acceptors (Lipinski definition) is 4. The van der Waals surface area contributed by atoms with E-state index in [1.165, 1.54) is 0 Å². The van der Waals surface area contributed by atoms with E-state index in [1.54, 1.807) is 17.9 Å². The summed E-state index contributed by atoms with van der Waals surface area (Å²) >= 11 is 12.5. The van der Waals surface area contributed by atoms with Crippen molar-refractivity contribution in [2.75, 3.05) is 6.61 Å². The van der Waals surface area contributed by atoms with E-state index >= 15 is 0 Å². The van der Waals surface area contributed by atoms with Crippen molar-refractivity contribution in [3.8, 4) is 0 Å². The largest absolute Gasteiger partial charge is 0.464 e. The van der Waals surface area contributed by atoms with Gasteiger partial charge in [-0.2, -0.15) is 0 Å². The molecule has 3 unspecified atom stereocenters. The molecule has 3 atom stereocenters. The summed E-state index contributed by atoms with van der Waals surface area (Å²) in [5, 5.41) is 4.79. The second-order valence-electron chi connectivity index (χ2n) is 7.96. The molecule has 1 aliphatic heterocycles. The number of carbonyl (C=O) groups excluding carboxylic acids is 2. The van der Waals surface area contributed by atoms with Crippen molar-refractivity contribution in [3.63, 3.8) is 0 Å². The monoisotopic (exact) mass is 462 g/mol. The van der Waals surface area contributed by atoms with Crippen LogP contribution < -0.4 is 5.32 Å². The lowest BCUT2D eigenvalue weighted by Crippen LogP contribution is -2.47. The molecule has 5 nitrogen and oxygen atoms in total. The standard InChI is InChI=1S/C24H28Cl2N2O3/c1-4-31-24(30)20-12-13-21(29)28(20)23(17-6-5-7-19(26)14-17)22(27-15(2)3)16-8-10-18(25)11-9-16/h5-11,14-15,20,22-23,27H,4,12-13H2,1-3H3. The number of rotatable bonds is 8. The molecule has 1 amide bonds. The van der Waals surface area contributed by atoms with E-state index in [9.17, 15) is 9.59 Å². The number of hydrogen-bond donors (Lipinski definition) is 1. The van der Waals surface area contributed by atoms with Gasteiger partial charge in [0.2, 0.25) is 5.91 Å². The minimum atomic E-state index is -0.639. The first kappa shape index (κ1) is 23.6. The van der Waals surface area contributed by atoms with Crippen molar-refractivity contribution in [3.05, 3.63) is 69.7 Å². The van der Waals surface area contributed by atoms with E-state index in [-0.39, 0.29) is 30.6 Å². The molecule has 0 spiro atoms. The molecule has 2 aromatic carbocycles. The van der Waals surface area contributed by atoms with Crippen LogP contribution in [0, 0.1) is 0 Å². The zero-order chi connectivity index (χ0) is 22.5. The average molecular weight is 463 g/mol. The summed E-state index contributed by atoms with van der Waals surface area (Å²) in [5.74, 6) is -0.452. The van der Waals surface area contributed by atoms with Crippen molar-refractivity contribution in [1.29, 1.82) is 0 Å². The quantitative estimate of drug-likeness (QED) is 0.538. The molecule has 31 heavy (non-hydrogen) atoms. The molecular formula is C24H28Cl2N2O3. The van der Waals surface area contributed by atoms with Gasteiger partial charge in [-0.05, 0) is 48.7 Å². The Morgan fingerprint density at radius 2 is 1.84 bits per heavy atom. The summed E-state index contributed by atoms with van der Waals surface area (Å²) in [4.78, 5) is 27.5. The van der Waals surface area contributed by atoms with Gasteiger partial charge in [0.15, 0.2) is 0 Å². The average Bonchev–Trinajstić information content (AvgIpc) is 3.09. The van der Waals surface area contributed by atoms with Crippen LogP contribution >= 0.6 is 23.2 Å². The van der Waals surface area contributed by atoms with Crippen molar-refractivity contribution in [1.82, 2.24) is 10.2 Å². The van der Waals surface area contributed by atoms with E-state index < -0.39 is 12.1 Å². The Kier molecular flexibility index (Phi) is 7.98. The van der Waals surface area contributed by atoms with Gasteiger partial charge < -0.3 is 15.0 Å². The highest BCUT2D eigenvalue weighted by molar-refractivity contribution is 6.30. The van der Waals surface area contributed by atoms with Crippen LogP contribution in [-0.2, 0) is 14.3 Å². The number of amides is 1. The highest BCUT2D eigenvalue weighted by atomic mass is 35.5. The molecule has 2 aromatic rings. The molecule has 0 aromatic heterocycles. The number of carbonyl (C=O) groups is 2. The summed E-state index contributed by atoms with van der Waals surface area (Å²) in [6.45, 7) is 6.13. The minimum absolute atomic E-state index is 0.0763. The maximum absolute atomic E-state index is 13.1. The van der Waals surface area contributed by atoms with Crippen LogP contribution in [0.1, 0.15) is 56.8 Å². The maximum atomic E-state index is 13.1. The highest BCUT2D eigenvalue weighted by Gasteiger charge is 2.45. The van der Waals surface area contributed by atoms with Gasteiger partial charge >= 0.3 is 5.97 Å². The first-order chi connectivity index (χ1) is 14.8. The van der Waals surface area contributed by atoms with Crippen LogP contribution in [0.2, 0.25) is 10.0 Å². The van der Waals surface area contributed by atoms with Crippen LogP contribution in [0.3, 0.4) is 0 Å². The van der Waals surface area contributed by atoms with Crippen LogP contribution in [0.25, 0.3) is 0 Å². The molecule has 0 aliphatic carbocycles. The summed E-state index contributed by atoms with van der Waals surface area (Å²) in [6, 6.07) is 13.7. The van der Waals surface area contributed by atoms with Crippen LogP contribution in [-0.4, -0.2) is 35.5 Å². The molecule has 1 heterocycles. The lowest BCUT2D eigenvalue weighted by Gasteiger charge is -2.39. The lowest BCUT2D eigenvalue weighted by molar-refractivity contribution is -0.153. The second kappa shape index (κ2) is 10.5. The zero-order valence-corrected chi connectivity index (χ0v) is 19.5. The van der Waals surface area contributed by atoms with Gasteiger partial charge in [0.1, 0.15) is 6.04 Å². The zero-order valence-electron chi connectivity index (χ0n) is 18.0. The number of nitrogens with zero attached hydrogens (tertiary/aromatic N) is 1. The summed E-state index contributed by atoms with van der Waals surface area (Å²) < 4.78 is 5.30. The van der Waals surface area contributed by atoms with Crippen molar-refractivity contribution in [2.24, 2.45) is 0 Å². The molecule has 1 saturated heterocycles. The van der Waals surface area contributed by atoms with Crippen molar-refractivity contribution in [2.45, 2.75) is 57.8 Å². The van der Waals surface area contributed by atoms with Crippen LogP contribution in [0.4, 0.5) is 0 Å². The molecule has 1 fully saturated rings. The third kappa shape index (κ3) is 5.59. The number of ether oxygens (including phenoxy) is 1. The molecule has 1 N–H and O–H groups in total. The molecule has 0 saturated carbocycles. The van der Waals surface area contributed by atoms with E-state index in [1.807, 2.05) is 56.3 Å². The number of likely N-dealkylation sites (tertiary alicyclic amines) is 1. The Balaban J connectivity index is 2.15. The molecule has 7 heteroatoms. The van der Waals surface area contributed by atoms with E-state index in [2.05, 4.69) is 5.32 Å². The predicted octanol–water partition coefficient (Wildman–Crippen LogP) is 5.33. The summed E-state index contributed by atoms with van der Waals surface area (Å²) in [7, 11) is 0. The Morgan fingerprint density at radius 3 is 2.45 bits per heavy atom. The Bertz CT molecular complexity index is 917. The fraction of sp³-hybridized carbons (Fsp3) is 0.417. The Labute approximate surface area is 193 Å². The van der Waals surface area contributed by atoms with Gasteiger partial charge in [0, 0.05) is 22.5 Å². The SMILES string of the molecule is CCOC(=O)C1CCC(=O)N1C(c1cccc(Cl)c1)C(NC(C)C)c1ccc(Cl)cc1. The van der Waals surface area contributed by atoms with Crippen molar-refractivity contribution < 1.29 is 14.3 Å². The molecule has 0 radical (unpaired) electrons. The topological polar surface area (TPSA) is 58.6 Å². The molecule has 166 valence electrons. The van der Waals surface area contributed by atoms with Gasteiger partial charge in [-0.3, -0.25) is 4.79 Å². The van der Waals surface area contributed by atoms with Gasteiger partial charge in [0.25, 0.3) is 0 Å². The van der Waals surface area contributed by atoms with Crippen LogP contribution in [0.5, 0.6) is 0 Å². The number of nitrogens with one attached hydrogen (secondary N) is 1. The highest BCUT2D eigenvalue weighted by Crippen LogP contribution is 2.40. The Hall–Kier alpha value is -2.08. The predicted molar refractivity (Wildman–Crippen MR) is 123 cm³/mol. The molecule has 0 bridgehead atoms. The number of esters is 1. The van der Waals surface area contributed by atoms with Gasteiger partial charge in [-0.25, -0.2) is 4.79 Å². The van der Waals surface area contributed by atoms with Gasteiger partial charge in [-0.15, -0.1) is 0 Å². The number of benzene rings is 2. The van der Waals surface area contributed by atoms with E-state index in [4.69, 9.17) is 27.9 Å². The summed E-state index contributed by atoms with van der Waals surface area (Å²) in [6.07, 6.45) is 0.735. The normalized spacial score (nSPS) is 18.3. The first-order valence-corrected chi connectivity index (χ1v) is 11.3. The fourth-order valence-corrected chi connectivity index (χ4v) is 4.45. The first-order valence-electron chi connectivity index (χ1n) is 10.6. The van der Waals surface area contributed by atoms with Crippen LogP contribution in [0.15, 0.2) is 48.5 Å². The third-order valence-corrected chi connectivity index (χ3v) is 5.85. The van der Waals surface area contributed by atoms with Gasteiger partial charge in [-0.1, -0.05) is 61.3 Å². The molecule has 1 aliphatic rings. The lowest BCUT2D eigenvalue weighted by atomic mass is 9.90. The number of halogens is 2. The van der Waals surface area contributed by atoms with E-state index in [0.29, 0.717) is 22.9 Å². The second-order valence-corrected chi connectivity index (χ2v) is 8.83. The summed E-state index contributed by atoms with van der Waals surface area (Å²) in [5.41, 5.74) is 1.82.